The maximum absolute atomic E-state index is 12.2. The van der Waals surface area contributed by atoms with Crippen LogP contribution in [0.2, 0.25) is 5.02 Å². The number of carbonyl (C=O) groups excluding carboxylic acids is 3. The predicted molar refractivity (Wildman–Crippen MR) is 110 cm³/mol. The van der Waals surface area contributed by atoms with Gasteiger partial charge in [0.05, 0.1) is 18.9 Å². The van der Waals surface area contributed by atoms with Gasteiger partial charge in [-0.1, -0.05) is 23.7 Å². The van der Waals surface area contributed by atoms with E-state index in [2.05, 4.69) is 5.32 Å². The van der Waals surface area contributed by atoms with Crippen molar-refractivity contribution in [3.63, 3.8) is 0 Å². The number of hydrogen-bond donors (Lipinski definition) is 1. The van der Waals surface area contributed by atoms with Crippen molar-refractivity contribution in [3.8, 4) is 11.5 Å². The Hall–Kier alpha value is -3.78. The highest BCUT2D eigenvalue weighted by Gasteiger charge is 2.17. The lowest BCUT2D eigenvalue weighted by molar-refractivity contribution is -0.123. The number of furan rings is 1. The van der Waals surface area contributed by atoms with Crippen molar-refractivity contribution in [1.82, 2.24) is 5.32 Å². The molecule has 0 fully saturated rings. The number of methoxy groups -OCH3 is 1. The molecule has 9 heteroatoms. The molecule has 1 heterocycles. The summed E-state index contributed by atoms with van der Waals surface area (Å²) >= 11 is 5.87. The fourth-order valence-corrected chi connectivity index (χ4v) is 2.63. The standard InChI is InChI=1S/C22H18ClNO7/c1-28-19-11-15(6-9-17(19)30-12-14-4-7-16(23)8-5-14)22(27)31-13-20(25)24-21(26)18-3-2-10-29-18/h2-11H,12-13H2,1H3,(H,24,25,26). The second-order valence-corrected chi connectivity index (χ2v) is 6.65. The van der Waals surface area contributed by atoms with Crippen LogP contribution in [-0.2, 0) is 16.1 Å². The van der Waals surface area contributed by atoms with Crippen molar-refractivity contribution in [3.05, 3.63) is 82.8 Å². The Bertz CT molecular complexity index is 1060. The highest BCUT2D eigenvalue weighted by atomic mass is 35.5. The monoisotopic (exact) mass is 443 g/mol. The van der Waals surface area contributed by atoms with Crippen molar-refractivity contribution in [2.75, 3.05) is 13.7 Å². The second kappa shape index (κ2) is 10.3. The summed E-state index contributed by atoms with van der Waals surface area (Å²) in [5.41, 5.74) is 1.06. The highest BCUT2D eigenvalue weighted by Crippen LogP contribution is 2.29. The van der Waals surface area contributed by atoms with Crippen LogP contribution >= 0.6 is 11.6 Å². The number of imide groups is 1. The molecule has 0 aliphatic heterocycles. The summed E-state index contributed by atoms with van der Waals surface area (Å²) in [5.74, 6) is -1.56. The summed E-state index contributed by atoms with van der Waals surface area (Å²) in [6.07, 6.45) is 1.30. The lowest BCUT2D eigenvalue weighted by Crippen LogP contribution is -2.33. The van der Waals surface area contributed by atoms with Gasteiger partial charge in [-0.05, 0) is 48.0 Å². The summed E-state index contributed by atoms with van der Waals surface area (Å²) < 4.78 is 20.8. The van der Waals surface area contributed by atoms with Crippen LogP contribution in [0.4, 0.5) is 0 Å². The Labute approximate surface area is 182 Å². The number of amides is 2. The Morgan fingerprint density at radius 1 is 1.03 bits per heavy atom. The molecule has 1 aromatic heterocycles. The van der Waals surface area contributed by atoms with Crippen LogP contribution in [0.3, 0.4) is 0 Å². The number of esters is 1. The molecule has 0 spiro atoms. The van der Waals surface area contributed by atoms with E-state index < -0.39 is 24.4 Å². The Morgan fingerprint density at radius 2 is 1.81 bits per heavy atom. The molecule has 0 aliphatic carbocycles. The molecule has 1 N–H and O–H groups in total. The molecule has 0 saturated carbocycles. The molecule has 8 nitrogen and oxygen atoms in total. The van der Waals surface area contributed by atoms with Gasteiger partial charge in [0, 0.05) is 5.02 Å². The molecule has 3 rings (SSSR count). The van der Waals surface area contributed by atoms with Crippen LogP contribution in [0, 0.1) is 0 Å². The van der Waals surface area contributed by atoms with Gasteiger partial charge in [-0.25, -0.2) is 4.79 Å². The predicted octanol–water partition coefficient (Wildman–Crippen LogP) is 3.63. The Kier molecular flexibility index (Phi) is 7.29. The number of rotatable bonds is 8. The first kappa shape index (κ1) is 21.9. The van der Waals surface area contributed by atoms with Crippen molar-refractivity contribution in [2.24, 2.45) is 0 Å². The van der Waals surface area contributed by atoms with E-state index in [0.717, 1.165) is 5.56 Å². The van der Waals surface area contributed by atoms with E-state index >= 15 is 0 Å². The van der Waals surface area contributed by atoms with Gasteiger partial charge in [-0.3, -0.25) is 14.9 Å². The first-order chi connectivity index (χ1) is 15.0. The van der Waals surface area contributed by atoms with Gasteiger partial charge in [-0.2, -0.15) is 0 Å². The van der Waals surface area contributed by atoms with Crippen molar-refractivity contribution < 1.29 is 33.0 Å². The first-order valence-corrected chi connectivity index (χ1v) is 9.44. The molecule has 2 amide bonds. The molecular weight excluding hydrogens is 426 g/mol. The molecule has 2 aromatic carbocycles. The molecule has 3 aromatic rings. The zero-order valence-corrected chi connectivity index (χ0v) is 17.2. The number of ether oxygens (including phenoxy) is 3. The van der Waals surface area contributed by atoms with Crippen LogP contribution in [0.25, 0.3) is 0 Å². The topological polar surface area (TPSA) is 104 Å². The molecule has 0 unspecified atom stereocenters. The number of carbonyl (C=O) groups is 3. The van der Waals surface area contributed by atoms with Crippen molar-refractivity contribution >= 4 is 29.4 Å². The van der Waals surface area contributed by atoms with E-state index in [-0.39, 0.29) is 17.9 Å². The summed E-state index contributed by atoms with van der Waals surface area (Å²) in [5, 5.41) is 2.68. The number of halogens is 1. The van der Waals surface area contributed by atoms with Crippen LogP contribution in [-0.4, -0.2) is 31.5 Å². The zero-order chi connectivity index (χ0) is 22.2. The van der Waals surface area contributed by atoms with Crippen molar-refractivity contribution in [1.29, 1.82) is 0 Å². The van der Waals surface area contributed by atoms with E-state index in [1.54, 1.807) is 18.2 Å². The van der Waals surface area contributed by atoms with E-state index in [9.17, 15) is 14.4 Å². The van der Waals surface area contributed by atoms with Gasteiger partial charge in [-0.15, -0.1) is 0 Å². The Morgan fingerprint density at radius 3 is 2.48 bits per heavy atom. The molecule has 0 saturated heterocycles. The van der Waals surface area contributed by atoms with Gasteiger partial charge in [0.25, 0.3) is 11.8 Å². The molecular formula is C22H18ClNO7. The first-order valence-electron chi connectivity index (χ1n) is 9.06. The van der Waals surface area contributed by atoms with Gasteiger partial charge >= 0.3 is 5.97 Å². The molecule has 31 heavy (non-hydrogen) atoms. The van der Waals surface area contributed by atoms with Crippen LogP contribution < -0.4 is 14.8 Å². The van der Waals surface area contributed by atoms with Gasteiger partial charge in [0.15, 0.2) is 23.9 Å². The van der Waals surface area contributed by atoms with Gasteiger partial charge < -0.3 is 18.6 Å². The minimum atomic E-state index is -0.787. The number of nitrogens with one attached hydrogen (secondary N) is 1. The SMILES string of the molecule is COc1cc(C(=O)OCC(=O)NC(=O)c2ccco2)ccc1OCc1ccc(Cl)cc1. The largest absolute Gasteiger partial charge is 0.493 e. The Balaban J connectivity index is 1.55. The third-order valence-corrected chi connectivity index (χ3v) is 4.29. The molecule has 160 valence electrons. The summed E-state index contributed by atoms with van der Waals surface area (Å²) in [4.78, 5) is 35.8. The highest BCUT2D eigenvalue weighted by molar-refractivity contribution is 6.30. The number of hydrogen-bond acceptors (Lipinski definition) is 7. The van der Waals surface area contributed by atoms with Crippen LogP contribution in [0.5, 0.6) is 11.5 Å². The third-order valence-electron chi connectivity index (χ3n) is 4.04. The normalized spacial score (nSPS) is 10.3. The average molecular weight is 444 g/mol. The quantitative estimate of drug-likeness (QED) is 0.530. The van der Waals surface area contributed by atoms with Gasteiger partial charge in [0.2, 0.25) is 0 Å². The summed E-state index contributed by atoms with van der Waals surface area (Å²) in [6.45, 7) is -0.358. The maximum Gasteiger partial charge on any atom is 0.338 e. The lowest BCUT2D eigenvalue weighted by atomic mass is 10.2. The zero-order valence-electron chi connectivity index (χ0n) is 16.4. The van der Waals surface area contributed by atoms with Crippen LogP contribution in [0.1, 0.15) is 26.5 Å². The molecule has 0 bridgehead atoms. The van der Waals surface area contributed by atoms with E-state index in [0.29, 0.717) is 16.5 Å². The lowest BCUT2D eigenvalue weighted by Gasteiger charge is -2.12. The molecule has 0 radical (unpaired) electrons. The summed E-state index contributed by atoms with van der Waals surface area (Å²) in [6, 6.07) is 14.6. The fourth-order valence-electron chi connectivity index (χ4n) is 2.50. The van der Waals surface area contributed by atoms with Crippen molar-refractivity contribution in [2.45, 2.75) is 6.61 Å². The van der Waals surface area contributed by atoms with Gasteiger partial charge in [0.1, 0.15) is 6.61 Å². The maximum atomic E-state index is 12.2. The third kappa shape index (κ3) is 6.10. The average Bonchev–Trinajstić information content (AvgIpc) is 3.32. The smallest absolute Gasteiger partial charge is 0.338 e. The molecule has 0 aliphatic rings. The van der Waals surface area contributed by atoms with E-state index in [4.69, 9.17) is 30.2 Å². The molecule has 0 atom stereocenters. The van der Waals surface area contributed by atoms with Crippen LogP contribution in [0.15, 0.2) is 65.3 Å². The minimum Gasteiger partial charge on any atom is -0.493 e. The van der Waals surface area contributed by atoms with E-state index in [1.807, 2.05) is 12.1 Å². The minimum absolute atomic E-state index is 0.0291. The summed E-state index contributed by atoms with van der Waals surface area (Å²) in [7, 11) is 1.44. The number of benzene rings is 2. The second-order valence-electron chi connectivity index (χ2n) is 6.21. The fraction of sp³-hybridized carbons (Fsp3) is 0.136. The van der Waals surface area contributed by atoms with E-state index in [1.165, 1.54) is 37.6 Å².